The third kappa shape index (κ3) is 4.86. The smallest absolute Gasteiger partial charge is 0.343 e. The van der Waals surface area contributed by atoms with Crippen molar-refractivity contribution in [2.24, 2.45) is 17.3 Å². The fraction of sp³-hybridized carbons (Fsp3) is 0.364. The number of hydrogen-bond acceptors (Lipinski definition) is 4. The molecule has 3 aliphatic carbocycles. The minimum atomic E-state index is -0.308. The molecule has 0 N–H and O–H groups in total. The Balaban J connectivity index is 1.13. The van der Waals surface area contributed by atoms with E-state index >= 15 is 0 Å². The average Bonchev–Trinajstić information content (AvgIpc) is 3.26. The monoisotopic (exact) mass is 620 g/mol. The number of rotatable bonds is 6. The second-order valence-corrected chi connectivity index (χ2v) is 12.4. The zero-order valence-corrected chi connectivity index (χ0v) is 23.9. The Labute approximate surface area is 238 Å². The summed E-state index contributed by atoms with van der Waals surface area (Å²) in [6, 6.07) is 23.4. The van der Waals surface area contributed by atoms with Crippen LogP contribution in [0.25, 0.3) is 0 Å². The molecule has 4 nitrogen and oxygen atoms in total. The molecule has 0 heterocycles. The molecule has 5 heteroatoms. The maximum Gasteiger partial charge on any atom is 0.343 e. The summed E-state index contributed by atoms with van der Waals surface area (Å²) in [7, 11) is 0. The van der Waals surface area contributed by atoms with E-state index in [0.717, 1.165) is 31.4 Å². The molecule has 0 saturated heterocycles. The molecule has 0 spiro atoms. The second-order valence-electron chi connectivity index (χ2n) is 11.2. The normalized spacial score (nSPS) is 27.4. The standard InChI is InChI=1S/C33H33IO4/c1-21(36-25-11-9-24(34)10-12-25)37-31-17-16-30-29-14-8-23-20-26(38-32(35)22-6-4-3-5-7-22)13-15-27(23)28(29)18-19-33(30,31)2/h3-7,9-13,15,20,28-31H,1,8,14,16-19H2,2H3. The van der Waals surface area contributed by atoms with E-state index in [1.165, 1.54) is 27.5 Å². The number of benzene rings is 3. The largest absolute Gasteiger partial charge is 0.462 e. The van der Waals surface area contributed by atoms with Crippen LogP contribution < -0.4 is 9.47 Å². The lowest BCUT2D eigenvalue weighted by molar-refractivity contribution is -0.0616. The summed E-state index contributed by atoms with van der Waals surface area (Å²) in [4.78, 5) is 12.5. The highest BCUT2D eigenvalue weighted by Crippen LogP contribution is 2.61. The van der Waals surface area contributed by atoms with Crippen LogP contribution in [0.15, 0.2) is 85.3 Å². The van der Waals surface area contributed by atoms with E-state index < -0.39 is 0 Å². The lowest BCUT2D eigenvalue weighted by Gasteiger charge is -2.50. The van der Waals surface area contributed by atoms with Gasteiger partial charge in [0.05, 0.1) is 5.56 Å². The van der Waals surface area contributed by atoms with Crippen LogP contribution in [0.5, 0.6) is 11.5 Å². The maximum absolute atomic E-state index is 12.5. The Morgan fingerprint density at radius 3 is 2.47 bits per heavy atom. The first-order chi connectivity index (χ1) is 18.4. The third-order valence-electron chi connectivity index (χ3n) is 9.15. The number of carbonyl (C=O) groups excluding carboxylic acids is 1. The molecule has 3 aromatic carbocycles. The minimum Gasteiger partial charge on any atom is -0.462 e. The van der Waals surface area contributed by atoms with Gasteiger partial charge in [-0.2, -0.15) is 0 Å². The number of halogens is 1. The van der Waals surface area contributed by atoms with Crippen LogP contribution in [0.3, 0.4) is 0 Å². The highest BCUT2D eigenvalue weighted by molar-refractivity contribution is 14.1. The Morgan fingerprint density at radius 2 is 1.68 bits per heavy atom. The number of esters is 1. The van der Waals surface area contributed by atoms with E-state index in [9.17, 15) is 4.79 Å². The van der Waals surface area contributed by atoms with E-state index in [4.69, 9.17) is 14.2 Å². The maximum atomic E-state index is 12.5. The summed E-state index contributed by atoms with van der Waals surface area (Å²) >= 11 is 2.29. The van der Waals surface area contributed by atoms with Crippen LogP contribution in [0, 0.1) is 20.8 Å². The molecule has 5 atom stereocenters. The molecule has 38 heavy (non-hydrogen) atoms. The quantitative estimate of drug-likeness (QED) is 0.120. The van der Waals surface area contributed by atoms with Crippen molar-refractivity contribution >= 4 is 28.6 Å². The predicted octanol–water partition coefficient (Wildman–Crippen LogP) is 8.30. The number of carbonyl (C=O) groups is 1. The van der Waals surface area contributed by atoms with E-state index in [1.807, 2.05) is 48.5 Å². The molecule has 3 aromatic rings. The fourth-order valence-electron chi connectivity index (χ4n) is 7.32. The topological polar surface area (TPSA) is 44.8 Å². The minimum absolute atomic E-state index is 0.127. The number of fused-ring (bicyclic) bond motifs is 5. The molecule has 6 rings (SSSR count). The zero-order valence-electron chi connectivity index (χ0n) is 21.7. The van der Waals surface area contributed by atoms with Crippen molar-refractivity contribution in [3.63, 3.8) is 0 Å². The van der Waals surface area contributed by atoms with Gasteiger partial charge in [0.1, 0.15) is 17.6 Å². The summed E-state index contributed by atoms with van der Waals surface area (Å²) in [5.41, 5.74) is 3.47. The van der Waals surface area contributed by atoms with Crippen molar-refractivity contribution in [1.29, 1.82) is 0 Å². The SMILES string of the molecule is C=C(Oc1ccc(I)cc1)OC1CCC2C3CCc4cc(OC(=O)c5ccccc5)ccc4C3CCC12C. The molecular formula is C33H33IO4. The van der Waals surface area contributed by atoms with Crippen LogP contribution in [-0.2, 0) is 11.2 Å². The van der Waals surface area contributed by atoms with Crippen molar-refractivity contribution in [3.8, 4) is 11.5 Å². The first-order valence-corrected chi connectivity index (χ1v) is 14.7. The summed E-state index contributed by atoms with van der Waals surface area (Å²) in [6.45, 7) is 6.50. The zero-order chi connectivity index (χ0) is 26.3. The molecule has 0 amide bonds. The lowest BCUT2D eigenvalue weighted by Crippen LogP contribution is -2.44. The predicted molar refractivity (Wildman–Crippen MR) is 156 cm³/mol. The highest BCUT2D eigenvalue weighted by atomic mass is 127. The van der Waals surface area contributed by atoms with Crippen LogP contribution in [0.2, 0.25) is 0 Å². The first-order valence-electron chi connectivity index (χ1n) is 13.6. The van der Waals surface area contributed by atoms with Gasteiger partial charge in [-0.15, -0.1) is 0 Å². The van der Waals surface area contributed by atoms with Crippen LogP contribution >= 0.6 is 22.6 Å². The molecule has 5 unspecified atom stereocenters. The van der Waals surface area contributed by atoms with Gasteiger partial charge < -0.3 is 14.2 Å². The van der Waals surface area contributed by atoms with Crippen LogP contribution in [0.1, 0.15) is 66.4 Å². The Kier molecular flexibility index (Phi) is 6.97. The Bertz CT molecular complexity index is 1330. The van der Waals surface area contributed by atoms with Crippen molar-refractivity contribution < 1.29 is 19.0 Å². The molecule has 2 fully saturated rings. The van der Waals surface area contributed by atoms with Crippen molar-refractivity contribution in [2.75, 3.05) is 0 Å². The van der Waals surface area contributed by atoms with Gasteiger partial charge in [-0.1, -0.05) is 31.2 Å². The molecule has 3 aliphatic rings. The van der Waals surface area contributed by atoms with E-state index in [0.29, 0.717) is 35.0 Å². The first kappa shape index (κ1) is 25.5. The van der Waals surface area contributed by atoms with Crippen molar-refractivity contribution in [2.45, 2.75) is 57.5 Å². The summed E-state index contributed by atoms with van der Waals surface area (Å²) < 4.78 is 19.2. The number of aryl methyl sites for hydroxylation is 1. The van der Waals surface area contributed by atoms with Gasteiger partial charge in [0.2, 0.25) is 0 Å². The lowest BCUT2D eigenvalue weighted by atomic mass is 9.55. The molecule has 0 aliphatic heterocycles. The van der Waals surface area contributed by atoms with Gasteiger partial charge in [0.25, 0.3) is 5.95 Å². The second kappa shape index (κ2) is 10.4. The number of hydrogen-bond donors (Lipinski definition) is 0. The molecule has 0 bridgehead atoms. The molecule has 196 valence electrons. The summed E-state index contributed by atoms with van der Waals surface area (Å²) in [5, 5.41) is 0. The van der Waals surface area contributed by atoms with E-state index in [-0.39, 0.29) is 17.5 Å². The Morgan fingerprint density at radius 1 is 0.921 bits per heavy atom. The third-order valence-corrected chi connectivity index (χ3v) is 9.87. The van der Waals surface area contributed by atoms with E-state index in [1.54, 1.807) is 12.1 Å². The molecule has 0 aromatic heterocycles. The Hall–Kier alpha value is -2.80. The van der Waals surface area contributed by atoms with Crippen LogP contribution in [-0.4, -0.2) is 12.1 Å². The number of ether oxygens (including phenoxy) is 3. The highest BCUT2D eigenvalue weighted by Gasteiger charge is 2.56. The van der Waals surface area contributed by atoms with Gasteiger partial charge in [-0.05, 0) is 145 Å². The van der Waals surface area contributed by atoms with Gasteiger partial charge in [-0.3, -0.25) is 0 Å². The summed E-state index contributed by atoms with van der Waals surface area (Å²) in [6.07, 6.45) is 6.82. The van der Waals surface area contributed by atoms with Crippen molar-refractivity contribution in [1.82, 2.24) is 0 Å². The van der Waals surface area contributed by atoms with Gasteiger partial charge in [0, 0.05) is 8.99 Å². The van der Waals surface area contributed by atoms with Gasteiger partial charge in [0.15, 0.2) is 0 Å². The van der Waals surface area contributed by atoms with E-state index in [2.05, 4.69) is 48.2 Å². The van der Waals surface area contributed by atoms with Crippen molar-refractivity contribution in [3.05, 3.63) is 106 Å². The molecule has 0 radical (unpaired) electrons. The molecular weight excluding hydrogens is 587 g/mol. The van der Waals surface area contributed by atoms with Gasteiger partial charge in [-0.25, -0.2) is 4.79 Å². The van der Waals surface area contributed by atoms with Gasteiger partial charge >= 0.3 is 5.97 Å². The summed E-state index contributed by atoms with van der Waals surface area (Å²) in [5.74, 6) is 3.32. The average molecular weight is 621 g/mol. The fourth-order valence-corrected chi connectivity index (χ4v) is 7.68. The molecule has 2 saturated carbocycles. The van der Waals surface area contributed by atoms with Crippen LogP contribution in [0.4, 0.5) is 0 Å².